The highest BCUT2D eigenvalue weighted by Crippen LogP contribution is 2.19. The predicted molar refractivity (Wildman–Crippen MR) is 47.1 cm³/mol. The van der Waals surface area contributed by atoms with Crippen molar-refractivity contribution >= 4 is 22.6 Å². The minimum atomic E-state index is -4.01. The summed E-state index contributed by atoms with van der Waals surface area (Å²) < 4.78 is 35.8. The van der Waals surface area contributed by atoms with Crippen LogP contribution in [0.3, 0.4) is 0 Å². The lowest BCUT2D eigenvalue weighted by molar-refractivity contribution is -0.137. The Bertz CT molecular complexity index is 104. The number of hydrogen-bond donors (Lipinski definition) is 0. The SMILES string of the molecule is CN(CCI)CCC(F)(F)F. The molecule has 0 aliphatic rings. The van der Waals surface area contributed by atoms with Crippen LogP contribution in [0.1, 0.15) is 6.42 Å². The molecule has 0 aromatic heterocycles. The topological polar surface area (TPSA) is 3.24 Å². The Morgan fingerprint density at radius 1 is 1.27 bits per heavy atom. The molecule has 0 N–H and O–H groups in total. The maximum absolute atomic E-state index is 11.6. The summed E-state index contributed by atoms with van der Waals surface area (Å²) in [6.45, 7) is 0.823. The number of hydrogen-bond acceptors (Lipinski definition) is 1. The van der Waals surface area contributed by atoms with Crippen molar-refractivity contribution in [3.05, 3.63) is 0 Å². The first-order valence-corrected chi connectivity index (χ1v) is 4.79. The van der Waals surface area contributed by atoms with Crippen LogP contribution >= 0.6 is 22.6 Å². The van der Waals surface area contributed by atoms with Crippen molar-refractivity contribution in [1.82, 2.24) is 4.90 Å². The molecule has 0 atom stereocenters. The van der Waals surface area contributed by atoms with Gasteiger partial charge in [-0.15, -0.1) is 0 Å². The summed E-state index contributed by atoms with van der Waals surface area (Å²) in [4.78, 5) is 1.68. The van der Waals surface area contributed by atoms with Gasteiger partial charge in [0.2, 0.25) is 0 Å². The zero-order chi connectivity index (χ0) is 8.91. The highest BCUT2D eigenvalue weighted by atomic mass is 127. The van der Waals surface area contributed by atoms with E-state index < -0.39 is 12.6 Å². The Morgan fingerprint density at radius 2 is 1.82 bits per heavy atom. The number of rotatable bonds is 4. The Hall–Kier alpha value is 0.480. The van der Waals surface area contributed by atoms with Gasteiger partial charge in [0.25, 0.3) is 0 Å². The molecule has 11 heavy (non-hydrogen) atoms. The molecule has 0 spiro atoms. The van der Waals surface area contributed by atoms with Crippen LogP contribution in [0, 0.1) is 0 Å². The molecule has 0 fully saturated rings. The van der Waals surface area contributed by atoms with E-state index in [1.807, 2.05) is 0 Å². The molecule has 0 saturated heterocycles. The van der Waals surface area contributed by atoms with Gasteiger partial charge in [-0.3, -0.25) is 0 Å². The quantitative estimate of drug-likeness (QED) is 0.564. The van der Waals surface area contributed by atoms with Crippen LogP contribution < -0.4 is 0 Å². The summed E-state index contributed by atoms with van der Waals surface area (Å²) in [5.74, 6) is 0. The van der Waals surface area contributed by atoms with Gasteiger partial charge >= 0.3 is 6.18 Å². The molecule has 0 saturated carbocycles. The molecule has 0 aromatic rings. The van der Waals surface area contributed by atoms with Gasteiger partial charge < -0.3 is 4.90 Å². The second-order valence-corrected chi connectivity index (χ2v) is 3.44. The van der Waals surface area contributed by atoms with Gasteiger partial charge in [-0.1, -0.05) is 22.6 Å². The van der Waals surface area contributed by atoms with E-state index in [1.54, 1.807) is 11.9 Å². The maximum atomic E-state index is 11.6. The van der Waals surface area contributed by atoms with Crippen molar-refractivity contribution in [1.29, 1.82) is 0 Å². The van der Waals surface area contributed by atoms with Gasteiger partial charge in [0.15, 0.2) is 0 Å². The molecule has 0 radical (unpaired) electrons. The third-order valence-electron chi connectivity index (χ3n) is 1.24. The van der Waals surface area contributed by atoms with Crippen LogP contribution in [-0.4, -0.2) is 35.6 Å². The molecule has 0 heterocycles. The van der Waals surface area contributed by atoms with E-state index in [-0.39, 0.29) is 6.54 Å². The molecule has 1 nitrogen and oxygen atoms in total. The van der Waals surface area contributed by atoms with Crippen molar-refractivity contribution in [2.24, 2.45) is 0 Å². The van der Waals surface area contributed by atoms with Gasteiger partial charge in [-0.05, 0) is 7.05 Å². The third kappa shape index (κ3) is 8.39. The zero-order valence-electron chi connectivity index (χ0n) is 6.29. The van der Waals surface area contributed by atoms with Crippen molar-refractivity contribution in [2.45, 2.75) is 12.6 Å². The molecule has 0 unspecified atom stereocenters. The molecular weight excluding hydrogens is 270 g/mol. The van der Waals surface area contributed by atoms with Gasteiger partial charge in [0, 0.05) is 17.5 Å². The summed E-state index contributed by atoms with van der Waals surface area (Å²) in [5, 5.41) is 0. The molecular formula is C6H11F3IN. The van der Waals surface area contributed by atoms with E-state index in [9.17, 15) is 13.2 Å². The van der Waals surface area contributed by atoms with Crippen molar-refractivity contribution in [3.8, 4) is 0 Å². The van der Waals surface area contributed by atoms with E-state index in [0.717, 1.165) is 11.0 Å². The monoisotopic (exact) mass is 281 g/mol. The second-order valence-electron chi connectivity index (χ2n) is 2.36. The Kier molecular flexibility index (Phi) is 5.41. The molecule has 0 aliphatic carbocycles. The zero-order valence-corrected chi connectivity index (χ0v) is 8.44. The molecule has 0 rings (SSSR count). The normalized spacial score (nSPS) is 12.5. The van der Waals surface area contributed by atoms with Crippen LogP contribution in [0.5, 0.6) is 0 Å². The molecule has 68 valence electrons. The maximum Gasteiger partial charge on any atom is 0.390 e. The number of halogens is 4. The molecule has 0 aliphatic heterocycles. The highest BCUT2D eigenvalue weighted by molar-refractivity contribution is 14.1. The van der Waals surface area contributed by atoms with Crippen molar-refractivity contribution < 1.29 is 13.2 Å². The molecule has 0 bridgehead atoms. The summed E-state index contributed by atoms with van der Waals surface area (Å²) in [6.07, 6.45) is -4.72. The standard InChI is InChI=1S/C6H11F3IN/c1-11(5-3-10)4-2-6(7,8)9/h2-5H2,1H3. The second kappa shape index (κ2) is 5.18. The van der Waals surface area contributed by atoms with Gasteiger partial charge in [-0.2, -0.15) is 13.2 Å². The minimum absolute atomic E-state index is 0.104. The van der Waals surface area contributed by atoms with Crippen molar-refractivity contribution in [3.63, 3.8) is 0 Å². The fourth-order valence-electron chi connectivity index (χ4n) is 0.574. The largest absolute Gasteiger partial charge is 0.390 e. The average molecular weight is 281 g/mol. The molecule has 0 aromatic carbocycles. The fraction of sp³-hybridized carbons (Fsp3) is 1.00. The smallest absolute Gasteiger partial charge is 0.305 e. The first kappa shape index (κ1) is 11.5. The van der Waals surface area contributed by atoms with E-state index in [1.165, 1.54) is 0 Å². The highest BCUT2D eigenvalue weighted by Gasteiger charge is 2.26. The Morgan fingerprint density at radius 3 is 2.18 bits per heavy atom. The number of nitrogens with zero attached hydrogens (tertiary/aromatic N) is 1. The van der Waals surface area contributed by atoms with E-state index in [0.29, 0.717) is 0 Å². The summed E-state index contributed by atoms with van der Waals surface area (Å²) in [7, 11) is 1.70. The first-order valence-electron chi connectivity index (χ1n) is 3.27. The van der Waals surface area contributed by atoms with E-state index >= 15 is 0 Å². The average Bonchev–Trinajstić information content (AvgIpc) is 1.83. The van der Waals surface area contributed by atoms with E-state index in [2.05, 4.69) is 22.6 Å². The van der Waals surface area contributed by atoms with Gasteiger partial charge in [0.05, 0.1) is 6.42 Å². The summed E-state index contributed by atoms with van der Waals surface area (Å²) >= 11 is 2.14. The first-order chi connectivity index (χ1) is 4.95. The fourth-order valence-corrected chi connectivity index (χ4v) is 1.40. The van der Waals surface area contributed by atoms with Crippen LogP contribution in [0.25, 0.3) is 0 Å². The van der Waals surface area contributed by atoms with Crippen LogP contribution in [0.4, 0.5) is 13.2 Å². The van der Waals surface area contributed by atoms with Crippen molar-refractivity contribution in [2.75, 3.05) is 24.6 Å². The summed E-state index contributed by atoms with van der Waals surface area (Å²) in [5.41, 5.74) is 0. The van der Waals surface area contributed by atoms with E-state index in [4.69, 9.17) is 0 Å². The number of alkyl halides is 4. The molecule has 0 amide bonds. The predicted octanol–water partition coefficient (Wildman–Crippen LogP) is 2.31. The van der Waals surface area contributed by atoms with Crippen LogP contribution in [0.2, 0.25) is 0 Å². The lowest BCUT2D eigenvalue weighted by Gasteiger charge is -2.15. The molecule has 5 heteroatoms. The van der Waals surface area contributed by atoms with Crippen LogP contribution in [0.15, 0.2) is 0 Å². The lowest BCUT2D eigenvalue weighted by Crippen LogP contribution is -2.25. The Balaban J connectivity index is 3.38. The summed E-state index contributed by atoms with van der Waals surface area (Å²) in [6, 6.07) is 0. The van der Waals surface area contributed by atoms with Gasteiger partial charge in [0.1, 0.15) is 0 Å². The van der Waals surface area contributed by atoms with Gasteiger partial charge in [-0.25, -0.2) is 0 Å². The minimum Gasteiger partial charge on any atom is -0.305 e. The third-order valence-corrected chi connectivity index (χ3v) is 1.73. The van der Waals surface area contributed by atoms with Crippen LogP contribution in [-0.2, 0) is 0 Å². The Labute approximate surface area is 78.1 Å². The lowest BCUT2D eigenvalue weighted by atomic mass is 10.4.